The number of nitrogens with one attached hydrogen (secondary N) is 1. The van der Waals surface area contributed by atoms with Crippen molar-refractivity contribution < 1.29 is 17.6 Å². The monoisotopic (exact) mass is 431 g/mol. The Morgan fingerprint density at radius 3 is 2.76 bits per heavy atom. The van der Waals surface area contributed by atoms with Gasteiger partial charge in [0.25, 0.3) is 10.0 Å². The molecule has 2 aliphatic rings. The highest BCUT2D eigenvalue weighted by atomic mass is 32.2. The largest absolute Gasteiger partial charge is 0.440 e. The number of fused-ring (bicyclic) bond motifs is 1. The van der Waals surface area contributed by atoms with Gasteiger partial charge in [0.1, 0.15) is 9.73 Å². The highest BCUT2D eigenvalue weighted by Gasteiger charge is 2.29. The minimum atomic E-state index is -3.44. The molecule has 9 heteroatoms. The Morgan fingerprint density at radius 1 is 1.21 bits per heavy atom. The minimum absolute atomic E-state index is 0.129. The van der Waals surface area contributed by atoms with Crippen LogP contribution in [0.5, 0.6) is 0 Å². The Balaban J connectivity index is 1.26. The molecule has 3 heterocycles. The average molecular weight is 432 g/mol. The highest BCUT2D eigenvalue weighted by Crippen LogP contribution is 2.40. The third kappa shape index (κ3) is 3.82. The smallest absolute Gasteiger partial charge is 0.252 e. The first-order valence-electron chi connectivity index (χ1n) is 9.78. The summed E-state index contributed by atoms with van der Waals surface area (Å²) in [7, 11) is -3.44. The first-order valence-corrected chi connectivity index (χ1v) is 12.0. The van der Waals surface area contributed by atoms with E-state index in [4.69, 9.17) is 4.42 Å². The van der Waals surface area contributed by atoms with Crippen molar-refractivity contribution in [3.63, 3.8) is 0 Å². The van der Waals surface area contributed by atoms with Gasteiger partial charge in [-0.15, -0.1) is 11.3 Å². The van der Waals surface area contributed by atoms with E-state index in [-0.39, 0.29) is 12.3 Å². The maximum absolute atomic E-state index is 12.6. The molecule has 0 spiro atoms. The van der Waals surface area contributed by atoms with Crippen molar-refractivity contribution in [2.24, 2.45) is 0 Å². The summed E-state index contributed by atoms with van der Waals surface area (Å²) in [6, 6.07) is 8.73. The topological polar surface area (TPSA) is 92.5 Å². The Labute approximate surface area is 172 Å². The van der Waals surface area contributed by atoms with Crippen LogP contribution in [0.3, 0.4) is 0 Å². The van der Waals surface area contributed by atoms with Gasteiger partial charge in [0, 0.05) is 29.6 Å². The Morgan fingerprint density at radius 2 is 2.00 bits per heavy atom. The SMILES string of the molecule is O=C(Cc1ccc(S(=O)(=O)N2CCCC2)s1)Nc1ccc2oc(C3CC3)nc2c1. The zero-order valence-electron chi connectivity index (χ0n) is 15.8. The van der Waals surface area contributed by atoms with Gasteiger partial charge in [0.2, 0.25) is 5.91 Å². The van der Waals surface area contributed by atoms with Crippen LogP contribution in [0.4, 0.5) is 5.69 Å². The summed E-state index contributed by atoms with van der Waals surface area (Å²) < 4.78 is 32.8. The molecule has 0 unspecified atom stereocenters. The van der Waals surface area contributed by atoms with Gasteiger partial charge in [-0.3, -0.25) is 4.79 Å². The summed E-state index contributed by atoms with van der Waals surface area (Å²) in [5.41, 5.74) is 2.11. The summed E-state index contributed by atoms with van der Waals surface area (Å²) in [5.74, 6) is 1.02. The van der Waals surface area contributed by atoms with Crippen molar-refractivity contribution in [2.75, 3.05) is 18.4 Å². The lowest BCUT2D eigenvalue weighted by Crippen LogP contribution is -2.27. The van der Waals surface area contributed by atoms with Crippen molar-refractivity contribution in [2.45, 2.75) is 42.2 Å². The van der Waals surface area contributed by atoms with E-state index in [2.05, 4.69) is 10.3 Å². The number of thiophene rings is 1. The number of hydrogen-bond donors (Lipinski definition) is 1. The molecule has 1 aliphatic heterocycles. The fourth-order valence-electron chi connectivity index (χ4n) is 3.54. The van der Waals surface area contributed by atoms with Gasteiger partial charge >= 0.3 is 0 Å². The molecule has 0 bridgehead atoms. The van der Waals surface area contributed by atoms with Crippen LogP contribution >= 0.6 is 11.3 Å². The van der Waals surface area contributed by atoms with E-state index in [1.807, 2.05) is 6.07 Å². The van der Waals surface area contributed by atoms with Crippen LogP contribution in [0.2, 0.25) is 0 Å². The molecule has 5 rings (SSSR count). The maximum Gasteiger partial charge on any atom is 0.252 e. The standard InChI is InChI=1S/C20H21N3O4S2/c24-18(12-15-6-8-19(28-15)29(25,26)23-9-1-2-10-23)21-14-5-7-17-16(11-14)22-20(27-17)13-3-4-13/h5-8,11,13H,1-4,9-10,12H2,(H,21,24). The Hall–Kier alpha value is -2.23. The fraction of sp³-hybridized carbons (Fsp3) is 0.400. The summed E-state index contributed by atoms with van der Waals surface area (Å²) >= 11 is 1.16. The molecule has 1 saturated carbocycles. The van der Waals surface area contributed by atoms with Gasteiger partial charge in [-0.05, 0) is 56.0 Å². The molecular weight excluding hydrogens is 410 g/mol. The van der Waals surface area contributed by atoms with Crippen LogP contribution in [0, 0.1) is 0 Å². The van der Waals surface area contributed by atoms with E-state index in [0.717, 1.165) is 58.9 Å². The second-order valence-electron chi connectivity index (χ2n) is 7.57. The molecule has 3 aromatic rings. The predicted octanol–water partition coefficient (Wildman–Crippen LogP) is 3.73. The number of carbonyl (C=O) groups excluding carboxylic acids is 1. The van der Waals surface area contributed by atoms with Crippen LogP contribution in [-0.2, 0) is 21.2 Å². The third-order valence-electron chi connectivity index (χ3n) is 5.25. The van der Waals surface area contributed by atoms with Crippen molar-refractivity contribution in [1.29, 1.82) is 0 Å². The molecule has 29 heavy (non-hydrogen) atoms. The quantitative estimate of drug-likeness (QED) is 0.642. The number of sulfonamides is 1. The fourth-order valence-corrected chi connectivity index (χ4v) is 6.56. The normalized spacial score (nSPS) is 17.8. The average Bonchev–Trinajstić information content (AvgIpc) is 3.11. The maximum atomic E-state index is 12.6. The van der Waals surface area contributed by atoms with Crippen LogP contribution < -0.4 is 5.32 Å². The van der Waals surface area contributed by atoms with Crippen LogP contribution in [0.25, 0.3) is 11.1 Å². The molecule has 7 nitrogen and oxygen atoms in total. The lowest BCUT2D eigenvalue weighted by Gasteiger charge is -2.13. The Bertz CT molecular complexity index is 1170. The van der Waals surface area contributed by atoms with Gasteiger partial charge in [0.15, 0.2) is 11.5 Å². The molecule has 1 amide bonds. The molecule has 1 saturated heterocycles. The number of aromatic nitrogens is 1. The molecule has 0 atom stereocenters. The highest BCUT2D eigenvalue weighted by molar-refractivity contribution is 7.91. The van der Waals surface area contributed by atoms with Gasteiger partial charge in [-0.25, -0.2) is 13.4 Å². The summed E-state index contributed by atoms with van der Waals surface area (Å²) in [6.07, 6.45) is 4.17. The van der Waals surface area contributed by atoms with Gasteiger partial charge in [-0.2, -0.15) is 4.31 Å². The van der Waals surface area contributed by atoms with Gasteiger partial charge in [-0.1, -0.05) is 0 Å². The van der Waals surface area contributed by atoms with Crippen LogP contribution in [0.15, 0.2) is 39.0 Å². The third-order valence-corrected chi connectivity index (χ3v) is 8.70. The Kier molecular flexibility index (Phi) is 4.68. The lowest BCUT2D eigenvalue weighted by atomic mass is 10.2. The van der Waals surface area contributed by atoms with Crippen LogP contribution in [0.1, 0.15) is 42.4 Å². The number of benzene rings is 1. The van der Waals surface area contributed by atoms with Crippen LogP contribution in [-0.4, -0.2) is 36.7 Å². The van der Waals surface area contributed by atoms with E-state index < -0.39 is 10.0 Å². The summed E-state index contributed by atoms with van der Waals surface area (Å²) in [5, 5.41) is 2.87. The van der Waals surface area contributed by atoms with Crippen molar-refractivity contribution in [1.82, 2.24) is 9.29 Å². The van der Waals surface area contributed by atoms with Gasteiger partial charge in [0.05, 0.1) is 6.42 Å². The number of anilines is 1. The van der Waals surface area contributed by atoms with E-state index in [1.54, 1.807) is 24.3 Å². The molecule has 1 aromatic carbocycles. The minimum Gasteiger partial charge on any atom is -0.440 e. The summed E-state index contributed by atoms with van der Waals surface area (Å²) in [6.45, 7) is 1.14. The second kappa shape index (κ2) is 7.23. The van der Waals surface area contributed by atoms with Crippen molar-refractivity contribution >= 4 is 44.1 Å². The second-order valence-corrected chi connectivity index (χ2v) is 10.9. The van der Waals surface area contributed by atoms with Crippen molar-refractivity contribution in [3.8, 4) is 0 Å². The van der Waals surface area contributed by atoms with Crippen molar-refractivity contribution in [3.05, 3.63) is 41.1 Å². The van der Waals surface area contributed by atoms with Gasteiger partial charge < -0.3 is 9.73 Å². The molecule has 152 valence electrons. The number of amides is 1. The number of oxazole rings is 1. The molecule has 1 N–H and O–H groups in total. The molecule has 0 radical (unpaired) electrons. The first kappa shape index (κ1) is 18.8. The number of rotatable bonds is 6. The molecule has 2 fully saturated rings. The predicted molar refractivity (Wildman–Crippen MR) is 111 cm³/mol. The number of nitrogens with zero attached hydrogens (tertiary/aromatic N) is 2. The molecular formula is C20H21N3O4S2. The first-order chi connectivity index (χ1) is 14.0. The zero-order valence-corrected chi connectivity index (χ0v) is 17.4. The summed E-state index contributed by atoms with van der Waals surface area (Å²) in [4.78, 5) is 17.7. The number of carbonyl (C=O) groups is 1. The van der Waals surface area contributed by atoms with E-state index >= 15 is 0 Å². The molecule has 2 aromatic heterocycles. The molecule has 1 aliphatic carbocycles. The zero-order chi connectivity index (χ0) is 20.0. The lowest BCUT2D eigenvalue weighted by molar-refractivity contribution is -0.115. The number of hydrogen-bond acceptors (Lipinski definition) is 6. The van der Waals surface area contributed by atoms with E-state index in [9.17, 15) is 13.2 Å². The van der Waals surface area contributed by atoms with E-state index in [0.29, 0.717) is 28.9 Å². The van der Waals surface area contributed by atoms with E-state index in [1.165, 1.54) is 4.31 Å².